The third kappa shape index (κ3) is 0.909. The van der Waals surface area contributed by atoms with Gasteiger partial charge in [0.1, 0.15) is 0 Å². The van der Waals surface area contributed by atoms with Crippen LogP contribution in [0.1, 0.15) is 19.3 Å². The second-order valence-electron chi connectivity index (χ2n) is 3.67. The molecule has 0 aromatic rings. The Hall–Kier alpha value is -0.770. The van der Waals surface area contributed by atoms with Crippen LogP contribution in [0.4, 0.5) is 4.79 Å². The minimum absolute atomic E-state index is 0.0204. The summed E-state index contributed by atoms with van der Waals surface area (Å²) in [5.74, 6) is 0.413. The zero-order valence-corrected chi connectivity index (χ0v) is 6.81. The van der Waals surface area contributed by atoms with E-state index < -0.39 is 6.09 Å². The molecule has 0 aromatic carbocycles. The third-order valence-electron chi connectivity index (χ3n) is 3.15. The molecule has 2 fully saturated rings. The van der Waals surface area contributed by atoms with Crippen LogP contribution in [-0.4, -0.2) is 39.9 Å². The molecule has 3 atom stereocenters. The second kappa shape index (κ2) is 2.62. The van der Waals surface area contributed by atoms with E-state index in [-0.39, 0.29) is 18.7 Å². The Morgan fingerprint density at radius 2 is 2.25 bits per heavy atom. The molecule has 2 unspecified atom stereocenters. The van der Waals surface area contributed by atoms with Gasteiger partial charge < -0.3 is 10.2 Å². The van der Waals surface area contributed by atoms with Crippen molar-refractivity contribution in [1.29, 1.82) is 0 Å². The molecule has 0 spiro atoms. The van der Waals surface area contributed by atoms with E-state index in [0.29, 0.717) is 5.92 Å². The minimum atomic E-state index is -0.874. The van der Waals surface area contributed by atoms with Gasteiger partial charge in [0.15, 0.2) is 0 Å². The summed E-state index contributed by atoms with van der Waals surface area (Å²) in [5, 5.41) is 17.9. The monoisotopic (exact) mass is 171 g/mol. The van der Waals surface area contributed by atoms with Gasteiger partial charge in [-0.3, -0.25) is 4.90 Å². The molecule has 1 saturated heterocycles. The summed E-state index contributed by atoms with van der Waals surface area (Å²) in [6.07, 6.45) is 2.14. The van der Waals surface area contributed by atoms with E-state index in [9.17, 15) is 4.79 Å². The van der Waals surface area contributed by atoms with Crippen molar-refractivity contribution in [1.82, 2.24) is 4.90 Å². The number of carbonyl (C=O) groups is 1. The summed E-state index contributed by atoms with van der Waals surface area (Å²) < 4.78 is 0. The van der Waals surface area contributed by atoms with E-state index in [1.807, 2.05) is 0 Å². The first-order valence-electron chi connectivity index (χ1n) is 4.36. The van der Waals surface area contributed by atoms with Crippen LogP contribution in [0.15, 0.2) is 0 Å². The summed E-state index contributed by atoms with van der Waals surface area (Å²) in [7, 11) is 0. The van der Waals surface area contributed by atoms with E-state index in [1.165, 1.54) is 4.90 Å². The lowest BCUT2D eigenvalue weighted by atomic mass is 10.00. The van der Waals surface area contributed by atoms with Crippen molar-refractivity contribution in [2.45, 2.75) is 31.3 Å². The first kappa shape index (κ1) is 7.86. The molecule has 1 saturated carbocycles. The Bertz CT molecular complexity index is 206. The number of rotatable bonds is 1. The van der Waals surface area contributed by atoms with Crippen molar-refractivity contribution in [3.8, 4) is 0 Å². The largest absolute Gasteiger partial charge is 0.465 e. The maximum Gasteiger partial charge on any atom is 0.407 e. The number of piperidine rings is 1. The van der Waals surface area contributed by atoms with Crippen LogP contribution >= 0.6 is 0 Å². The molecule has 0 aromatic heterocycles. The summed E-state index contributed by atoms with van der Waals surface area (Å²) in [5.41, 5.74) is 0. The molecule has 2 N–H and O–H groups in total. The van der Waals surface area contributed by atoms with Gasteiger partial charge in [0.25, 0.3) is 0 Å². The van der Waals surface area contributed by atoms with Gasteiger partial charge in [0.05, 0.1) is 12.6 Å². The fourth-order valence-corrected chi connectivity index (χ4v) is 2.63. The summed E-state index contributed by atoms with van der Waals surface area (Å²) in [6.45, 7) is -0.0204. The highest BCUT2D eigenvalue weighted by Crippen LogP contribution is 2.41. The quantitative estimate of drug-likeness (QED) is 0.604. The van der Waals surface area contributed by atoms with Crippen molar-refractivity contribution in [3.05, 3.63) is 0 Å². The molecule has 1 heterocycles. The third-order valence-corrected chi connectivity index (χ3v) is 3.15. The van der Waals surface area contributed by atoms with E-state index in [4.69, 9.17) is 10.2 Å². The molecular weight excluding hydrogens is 158 g/mol. The number of amides is 1. The number of aliphatic hydroxyl groups excluding tert-OH is 1. The molecule has 1 aliphatic carbocycles. The lowest BCUT2D eigenvalue weighted by Crippen LogP contribution is -2.46. The lowest BCUT2D eigenvalue weighted by Gasteiger charge is -2.31. The summed E-state index contributed by atoms with van der Waals surface area (Å²) in [4.78, 5) is 12.2. The van der Waals surface area contributed by atoms with Gasteiger partial charge in [-0.1, -0.05) is 0 Å². The van der Waals surface area contributed by atoms with Crippen LogP contribution in [0.5, 0.6) is 0 Å². The molecule has 12 heavy (non-hydrogen) atoms. The Labute approximate surface area is 70.8 Å². The number of fused-ring (bicyclic) bond motifs is 2. The molecule has 0 radical (unpaired) electrons. The Kier molecular flexibility index (Phi) is 1.72. The van der Waals surface area contributed by atoms with E-state index >= 15 is 0 Å². The molecule has 2 aliphatic rings. The first-order chi connectivity index (χ1) is 5.74. The molecular formula is C8H13NO3. The van der Waals surface area contributed by atoms with E-state index in [2.05, 4.69) is 0 Å². The van der Waals surface area contributed by atoms with Gasteiger partial charge in [0.2, 0.25) is 0 Å². The standard InChI is InChI=1S/C8H13NO3/c10-4-7-5-1-2-6(3-5)9(7)8(11)12/h5-7,10H,1-4H2,(H,11,12)/t5?,6-,7?/m1/s1. The molecule has 2 bridgehead atoms. The first-order valence-corrected chi connectivity index (χ1v) is 4.36. The van der Waals surface area contributed by atoms with Crippen molar-refractivity contribution in [2.24, 2.45) is 5.92 Å². The topological polar surface area (TPSA) is 60.8 Å². The maximum absolute atomic E-state index is 10.8. The van der Waals surface area contributed by atoms with Gasteiger partial charge in [-0.25, -0.2) is 4.79 Å². The molecule has 1 aliphatic heterocycles. The van der Waals surface area contributed by atoms with Crippen LogP contribution < -0.4 is 0 Å². The highest BCUT2D eigenvalue weighted by Gasteiger charge is 2.47. The van der Waals surface area contributed by atoms with Crippen LogP contribution in [0.25, 0.3) is 0 Å². The second-order valence-corrected chi connectivity index (χ2v) is 3.67. The van der Waals surface area contributed by atoms with Crippen molar-refractivity contribution in [3.63, 3.8) is 0 Å². The van der Waals surface area contributed by atoms with Gasteiger partial charge in [0, 0.05) is 6.04 Å². The van der Waals surface area contributed by atoms with Gasteiger partial charge >= 0.3 is 6.09 Å². The van der Waals surface area contributed by atoms with Crippen molar-refractivity contribution in [2.75, 3.05) is 6.61 Å². The Morgan fingerprint density at radius 1 is 1.50 bits per heavy atom. The molecule has 1 amide bonds. The Balaban J connectivity index is 2.16. The van der Waals surface area contributed by atoms with Crippen LogP contribution in [-0.2, 0) is 0 Å². The fourth-order valence-electron chi connectivity index (χ4n) is 2.63. The average molecular weight is 171 g/mol. The smallest absolute Gasteiger partial charge is 0.407 e. The minimum Gasteiger partial charge on any atom is -0.465 e. The number of aliphatic hydroxyl groups is 1. The average Bonchev–Trinajstić information content (AvgIpc) is 2.60. The Morgan fingerprint density at radius 3 is 2.75 bits per heavy atom. The predicted octanol–water partition coefficient (Wildman–Crippen LogP) is 0.510. The normalized spacial score (nSPS) is 39.1. The lowest BCUT2D eigenvalue weighted by molar-refractivity contribution is 0.0737. The van der Waals surface area contributed by atoms with Gasteiger partial charge in [-0.05, 0) is 25.2 Å². The predicted molar refractivity (Wildman–Crippen MR) is 41.9 cm³/mol. The zero-order chi connectivity index (χ0) is 8.72. The molecule has 4 nitrogen and oxygen atoms in total. The van der Waals surface area contributed by atoms with E-state index in [0.717, 1.165) is 19.3 Å². The van der Waals surface area contributed by atoms with Crippen molar-refractivity contribution >= 4 is 6.09 Å². The van der Waals surface area contributed by atoms with Crippen molar-refractivity contribution < 1.29 is 15.0 Å². The number of likely N-dealkylation sites (tertiary alicyclic amines) is 1. The summed E-state index contributed by atoms with van der Waals surface area (Å²) in [6, 6.07) is 0.0610. The highest BCUT2D eigenvalue weighted by molar-refractivity contribution is 5.66. The summed E-state index contributed by atoms with van der Waals surface area (Å²) >= 11 is 0. The molecule has 2 rings (SSSR count). The van der Waals surface area contributed by atoms with E-state index in [1.54, 1.807) is 0 Å². The fraction of sp³-hybridized carbons (Fsp3) is 0.875. The molecule has 68 valence electrons. The number of carboxylic acid groups (broad SMARTS) is 1. The van der Waals surface area contributed by atoms with Crippen LogP contribution in [0, 0.1) is 5.92 Å². The molecule has 4 heteroatoms. The van der Waals surface area contributed by atoms with Crippen LogP contribution in [0.2, 0.25) is 0 Å². The number of hydrogen-bond donors (Lipinski definition) is 2. The van der Waals surface area contributed by atoms with Gasteiger partial charge in [-0.2, -0.15) is 0 Å². The van der Waals surface area contributed by atoms with Crippen LogP contribution in [0.3, 0.4) is 0 Å². The van der Waals surface area contributed by atoms with Gasteiger partial charge in [-0.15, -0.1) is 0 Å². The number of hydrogen-bond acceptors (Lipinski definition) is 2. The SMILES string of the molecule is O=C(O)N1C(CO)C2CC[C@@H]1C2. The maximum atomic E-state index is 10.8. The highest BCUT2D eigenvalue weighted by atomic mass is 16.4. The number of nitrogens with zero attached hydrogens (tertiary/aromatic N) is 1. The zero-order valence-electron chi connectivity index (χ0n) is 6.81.